The highest BCUT2D eigenvalue weighted by molar-refractivity contribution is 5.99. The van der Waals surface area contributed by atoms with E-state index in [1.807, 2.05) is 13.8 Å². The van der Waals surface area contributed by atoms with E-state index >= 15 is 0 Å². The molecule has 10 heteroatoms. The third kappa shape index (κ3) is 3.67. The zero-order valence-electron chi connectivity index (χ0n) is 19.8. The number of aromatic nitrogens is 1. The van der Waals surface area contributed by atoms with Gasteiger partial charge in [-0.25, -0.2) is 4.39 Å². The van der Waals surface area contributed by atoms with Crippen LogP contribution in [-0.2, 0) is 11.4 Å². The van der Waals surface area contributed by atoms with Crippen LogP contribution in [-0.4, -0.2) is 50.3 Å². The number of aromatic hydroxyl groups is 1. The largest absolute Gasteiger partial charge is 0.503 e. The lowest BCUT2D eigenvalue weighted by Crippen LogP contribution is -2.52. The molecule has 1 spiro atoms. The maximum Gasteiger partial charge on any atom is 0.274 e. The molecule has 1 aromatic carbocycles. The number of hydrogen-bond acceptors (Lipinski definition) is 6. The third-order valence-corrected chi connectivity index (χ3v) is 7.33. The van der Waals surface area contributed by atoms with Crippen LogP contribution in [0.5, 0.6) is 5.75 Å². The number of carbonyl (C=O) groups excluding carboxylic acids is 2. The summed E-state index contributed by atoms with van der Waals surface area (Å²) in [6.45, 7) is 5.70. The Hall–Kier alpha value is -3.69. The van der Waals surface area contributed by atoms with Crippen molar-refractivity contribution in [3.63, 3.8) is 0 Å². The van der Waals surface area contributed by atoms with E-state index in [4.69, 9.17) is 4.84 Å². The molecule has 3 atom stereocenters. The minimum atomic E-state index is -0.951. The van der Waals surface area contributed by atoms with Crippen LogP contribution in [0.2, 0.25) is 0 Å². The van der Waals surface area contributed by atoms with Crippen LogP contribution in [0.3, 0.4) is 0 Å². The van der Waals surface area contributed by atoms with Crippen molar-refractivity contribution < 1.29 is 23.9 Å². The Morgan fingerprint density at radius 1 is 1.34 bits per heavy atom. The predicted octanol–water partition coefficient (Wildman–Crippen LogP) is 2.65. The summed E-state index contributed by atoms with van der Waals surface area (Å²) in [5.74, 6) is -2.49. The van der Waals surface area contributed by atoms with Gasteiger partial charge in [-0.2, -0.15) is 0 Å². The van der Waals surface area contributed by atoms with Gasteiger partial charge in [0.25, 0.3) is 11.8 Å². The van der Waals surface area contributed by atoms with Crippen molar-refractivity contribution in [1.29, 1.82) is 0 Å². The molecule has 0 saturated carbocycles. The topological polar surface area (TPSA) is 113 Å². The first kappa shape index (κ1) is 23.1. The second-order valence-corrected chi connectivity index (χ2v) is 9.77. The Labute approximate surface area is 201 Å². The number of nitrogens with one attached hydrogen (secondary N) is 1. The first-order chi connectivity index (χ1) is 16.6. The molecule has 35 heavy (non-hydrogen) atoms. The van der Waals surface area contributed by atoms with Crippen LogP contribution in [0.15, 0.2) is 34.3 Å². The molecule has 5 rings (SSSR count). The van der Waals surface area contributed by atoms with Crippen LogP contribution < -0.4 is 10.7 Å². The maximum absolute atomic E-state index is 14.2. The number of nitrogens with zero attached hydrogens (tertiary/aromatic N) is 3. The first-order valence-corrected chi connectivity index (χ1v) is 11.7. The van der Waals surface area contributed by atoms with Crippen molar-refractivity contribution in [2.24, 2.45) is 5.16 Å². The fraction of sp³-hybridized carbons (Fsp3) is 0.440. The van der Waals surface area contributed by atoms with Gasteiger partial charge in [0.1, 0.15) is 11.4 Å². The number of benzene rings is 1. The zero-order valence-corrected chi connectivity index (χ0v) is 19.8. The van der Waals surface area contributed by atoms with Crippen LogP contribution in [0.4, 0.5) is 4.39 Å². The Morgan fingerprint density at radius 3 is 2.80 bits per heavy atom. The second kappa shape index (κ2) is 8.21. The number of rotatable bonds is 3. The number of halogens is 1. The quantitative estimate of drug-likeness (QED) is 0.652. The Balaban J connectivity index is 1.55. The summed E-state index contributed by atoms with van der Waals surface area (Å²) in [6.07, 6.45) is 3.13. The Kier molecular flexibility index (Phi) is 5.41. The number of pyridine rings is 1. The molecule has 3 aliphatic heterocycles. The van der Waals surface area contributed by atoms with Gasteiger partial charge in [-0.3, -0.25) is 14.4 Å². The van der Waals surface area contributed by atoms with Gasteiger partial charge < -0.3 is 24.7 Å². The zero-order chi connectivity index (χ0) is 25.1. The van der Waals surface area contributed by atoms with Crippen molar-refractivity contribution >= 4 is 17.5 Å². The summed E-state index contributed by atoms with van der Waals surface area (Å²) in [7, 11) is 0. The molecule has 1 fully saturated rings. The van der Waals surface area contributed by atoms with Crippen LogP contribution in [0, 0.1) is 12.7 Å². The number of fused-ring (bicyclic) bond motifs is 5. The lowest BCUT2D eigenvalue weighted by molar-refractivity contribution is -0.0655. The summed E-state index contributed by atoms with van der Waals surface area (Å²) < 4.78 is 15.7. The third-order valence-electron chi connectivity index (χ3n) is 7.33. The summed E-state index contributed by atoms with van der Waals surface area (Å²) >= 11 is 0. The molecule has 3 aliphatic rings. The number of aryl methyl sites for hydroxylation is 1. The summed E-state index contributed by atoms with van der Waals surface area (Å²) in [5, 5.41) is 17.5. The first-order valence-electron chi connectivity index (χ1n) is 11.7. The lowest BCUT2D eigenvalue weighted by atomic mass is 9.84. The standard InChI is InChI=1S/C25H27FN4O5/c1-13-4-5-16(18(26)8-13)10-27-23(33)17-11-30-19-12-29(24(34)20(30)22(32)21(17)31)15(3)6-7-25(19)9-14(2)28-35-25/h4-5,8,11,15,19,32H,6-7,9-10,12H2,1-3H3,(H,27,33)/t15-,19+,25-/m0/s1/i27+1. The van der Waals surface area contributed by atoms with E-state index in [2.05, 4.69) is 10.5 Å². The van der Waals surface area contributed by atoms with Gasteiger partial charge in [-0.1, -0.05) is 17.3 Å². The second-order valence-electron chi connectivity index (χ2n) is 9.77. The van der Waals surface area contributed by atoms with Crippen molar-refractivity contribution in [2.45, 2.75) is 64.3 Å². The van der Waals surface area contributed by atoms with Gasteiger partial charge in [0.05, 0.1) is 11.8 Å². The van der Waals surface area contributed by atoms with Gasteiger partial charge in [-0.05, 0) is 45.2 Å². The molecule has 2 aromatic rings. The van der Waals surface area contributed by atoms with Crippen molar-refractivity contribution in [3.8, 4) is 5.75 Å². The van der Waals surface area contributed by atoms with Gasteiger partial charge in [0.2, 0.25) is 5.43 Å². The fourth-order valence-electron chi connectivity index (χ4n) is 5.35. The SMILES string of the molecule is CC1=NO[C@@]2(CC[C@H](C)N3C[C@H]2n2cc(C(=O)[15NH]Cc4ccc(C)cc4F)c(=O)c(O)c2C3=O)C1. The van der Waals surface area contributed by atoms with E-state index in [-0.39, 0.29) is 29.4 Å². The van der Waals surface area contributed by atoms with Gasteiger partial charge in [0, 0.05) is 37.3 Å². The fourth-order valence-corrected chi connectivity index (χ4v) is 5.35. The molecule has 0 aliphatic carbocycles. The molecule has 4 heterocycles. The molecule has 0 unspecified atom stereocenters. The van der Waals surface area contributed by atoms with E-state index in [1.165, 1.54) is 16.8 Å². The normalized spacial score (nSPS) is 25.1. The minimum absolute atomic E-state index is 0.121. The average Bonchev–Trinajstić information content (AvgIpc) is 3.14. The molecular weight excluding hydrogens is 456 g/mol. The van der Waals surface area contributed by atoms with E-state index in [0.717, 1.165) is 11.3 Å². The molecule has 2 N–H and O–H groups in total. The Bertz CT molecular complexity index is 1340. The lowest BCUT2D eigenvalue weighted by Gasteiger charge is -2.41. The van der Waals surface area contributed by atoms with Crippen molar-refractivity contribution in [3.05, 3.63) is 62.8 Å². The van der Waals surface area contributed by atoms with Crippen molar-refractivity contribution in [1.82, 2.24) is 14.8 Å². The molecule has 2 bridgehead atoms. The highest BCUT2D eigenvalue weighted by Gasteiger charge is 2.53. The maximum atomic E-state index is 14.2. The number of hydrogen-bond donors (Lipinski definition) is 2. The molecule has 1 aromatic heterocycles. The van der Waals surface area contributed by atoms with Gasteiger partial charge in [-0.15, -0.1) is 0 Å². The molecule has 9 nitrogen and oxygen atoms in total. The monoisotopic (exact) mass is 483 g/mol. The van der Waals surface area contributed by atoms with Gasteiger partial charge >= 0.3 is 0 Å². The van der Waals surface area contributed by atoms with Crippen LogP contribution in [0.1, 0.15) is 71.1 Å². The Morgan fingerprint density at radius 2 is 2.11 bits per heavy atom. The van der Waals surface area contributed by atoms with Crippen LogP contribution >= 0.6 is 0 Å². The smallest absolute Gasteiger partial charge is 0.274 e. The number of amides is 2. The average molecular weight is 484 g/mol. The van der Waals surface area contributed by atoms with Crippen molar-refractivity contribution in [2.75, 3.05) is 6.54 Å². The molecule has 2 amide bonds. The van der Waals surface area contributed by atoms with E-state index in [1.54, 1.807) is 24.0 Å². The predicted molar refractivity (Wildman–Crippen MR) is 125 cm³/mol. The highest BCUT2D eigenvalue weighted by Crippen LogP contribution is 2.46. The summed E-state index contributed by atoms with van der Waals surface area (Å²) in [5.41, 5.74) is -0.379. The number of oxime groups is 1. The summed E-state index contributed by atoms with van der Waals surface area (Å²) in [4.78, 5) is 46.8. The molecule has 1 saturated heterocycles. The van der Waals surface area contributed by atoms with E-state index in [0.29, 0.717) is 25.8 Å². The van der Waals surface area contributed by atoms with E-state index in [9.17, 15) is 23.9 Å². The molecular formula is C25H27FN4O5. The highest BCUT2D eigenvalue weighted by atomic mass is 19.1. The van der Waals surface area contributed by atoms with E-state index < -0.39 is 40.5 Å². The summed E-state index contributed by atoms with van der Waals surface area (Å²) in [6, 6.07) is 4.06. The molecule has 0 radical (unpaired) electrons. The van der Waals surface area contributed by atoms with Gasteiger partial charge in [0.15, 0.2) is 17.0 Å². The van der Waals surface area contributed by atoms with Crippen LogP contribution in [0.25, 0.3) is 0 Å². The number of carbonyl (C=O) groups is 2. The minimum Gasteiger partial charge on any atom is -0.503 e. The molecule has 184 valence electrons.